The molecule has 0 fully saturated rings. The van der Waals surface area contributed by atoms with Crippen LogP contribution in [0.2, 0.25) is 0 Å². The highest BCUT2D eigenvalue weighted by Crippen LogP contribution is 2.29. The smallest absolute Gasteiger partial charge is 0.219 e. The third-order valence-corrected chi connectivity index (χ3v) is 4.45. The fraction of sp³-hybridized carbons (Fsp3) is 0.263. The maximum atomic E-state index is 10.5. The molecule has 0 unspecified atom stereocenters. The molecule has 5 nitrogen and oxygen atoms in total. The molecule has 1 aromatic carbocycles. The molecule has 122 valence electrons. The maximum absolute atomic E-state index is 10.5. The molecule has 1 aliphatic rings. The van der Waals surface area contributed by atoms with Crippen molar-refractivity contribution in [1.82, 2.24) is 19.7 Å². The van der Waals surface area contributed by atoms with Crippen LogP contribution in [0.1, 0.15) is 22.4 Å². The molecule has 0 bridgehead atoms. The van der Waals surface area contributed by atoms with E-state index in [2.05, 4.69) is 39.2 Å². The number of aryl methyl sites for hydroxylation is 1. The van der Waals surface area contributed by atoms with Crippen molar-refractivity contribution >= 4 is 0 Å². The number of pyridine rings is 1. The molecule has 1 aliphatic heterocycles. The highest BCUT2D eigenvalue weighted by atomic mass is 16.3. The lowest BCUT2D eigenvalue weighted by atomic mass is 10.1. The van der Waals surface area contributed by atoms with Gasteiger partial charge in [-0.1, -0.05) is 36.4 Å². The van der Waals surface area contributed by atoms with Gasteiger partial charge in [-0.25, -0.2) is 4.98 Å². The number of hydrogen-bond acceptors (Lipinski definition) is 4. The van der Waals surface area contributed by atoms with E-state index in [1.165, 1.54) is 5.56 Å². The normalized spacial score (nSPS) is 14.5. The van der Waals surface area contributed by atoms with Crippen LogP contribution in [0.3, 0.4) is 0 Å². The van der Waals surface area contributed by atoms with Gasteiger partial charge in [-0.3, -0.25) is 4.90 Å². The highest BCUT2D eigenvalue weighted by molar-refractivity contribution is 5.39. The summed E-state index contributed by atoms with van der Waals surface area (Å²) in [5, 5.41) is 15.1. The molecule has 4 rings (SSSR count). The zero-order chi connectivity index (χ0) is 16.5. The Kier molecular flexibility index (Phi) is 3.78. The number of rotatable bonds is 3. The van der Waals surface area contributed by atoms with Gasteiger partial charge in [0, 0.05) is 31.4 Å². The van der Waals surface area contributed by atoms with E-state index in [1.54, 1.807) is 10.9 Å². The van der Waals surface area contributed by atoms with Gasteiger partial charge in [0.25, 0.3) is 0 Å². The first-order valence-corrected chi connectivity index (χ1v) is 8.20. The zero-order valence-corrected chi connectivity index (χ0v) is 13.7. The molecule has 0 saturated heterocycles. The molecule has 0 radical (unpaired) electrons. The first-order chi connectivity index (χ1) is 11.7. The number of fused-ring (bicyclic) bond motifs is 1. The number of aromatic nitrogens is 3. The minimum absolute atomic E-state index is 0.223. The van der Waals surface area contributed by atoms with E-state index in [9.17, 15) is 5.11 Å². The molecule has 0 aliphatic carbocycles. The molecule has 2 aromatic heterocycles. The Morgan fingerprint density at radius 1 is 1.12 bits per heavy atom. The summed E-state index contributed by atoms with van der Waals surface area (Å²) in [6, 6.07) is 14.3. The first-order valence-electron chi connectivity index (χ1n) is 8.20. The van der Waals surface area contributed by atoms with E-state index in [1.807, 2.05) is 25.1 Å². The van der Waals surface area contributed by atoms with Crippen LogP contribution in [0, 0.1) is 6.92 Å². The summed E-state index contributed by atoms with van der Waals surface area (Å²) in [4.78, 5) is 6.72. The van der Waals surface area contributed by atoms with Crippen molar-refractivity contribution in [2.45, 2.75) is 26.4 Å². The SMILES string of the molecule is Cc1ccc(-n2nc3c(c2O)CCN(Cc2ccccc2)C3)nc1. The number of aromatic hydroxyl groups is 1. The molecular formula is C19H20N4O. The maximum Gasteiger partial charge on any atom is 0.219 e. The fourth-order valence-corrected chi connectivity index (χ4v) is 3.15. The first kappa shape index (κ1) is 14.9. The van der Waals surface area contributed by atoms with E-state index in [4.69, 9.17) is 0 Å². The van der Waals surface area contributed by atoms with Crippen LogP contribution >= 0.6 is 0 Å². The average molecular weight is 320 g/mol. The van der Waals surface area contributed by atoms with Gasteiger partial charge >= 0.3 is 0 Å². The largest absolute Gasteiger partial charge is 0.493 e. The molecule has 5 heteroatoms. The van der Waals surface area contributed by atoms with Crippen molar-refractivity contribution in [3.63, 3.8) is 0 Å². The van der Waals surface area contributed by atoms with Crippen molar-refractivity contribution in [2.24, 2.45) is 0 Å². The Hall–Kier alpha value is -2.66. The molecule has 3 aromatic rings. The second-order valence-corrected chi connectivity index (χ2v) is 6.30. The van der Waals surface area contributed by atoms with Crippen molar-refractivity contribution in [1.29, 1.82) is 0 Å². The predicted octanol–water partition coefficient (Wildman–Crippen LogP) is 2.84. The number of nitrogens with zero attached hydrogens (tertiary/aromatic N) is 4. The molecule has 3 heterocycles. The van der Waals surface area contributed by atoms with Crippen LogP contribution in [0.5, 0.6) is 5.88 Å². The van der Waals surface area contributed by atoms with Crippen LogP contribution in [0.15, 0.2) is 48.7 Å². The van der Waals surface area contributed by atoms with Crippen molar-refractivity contribution in [3.05, 3.63) is 71.0 Å². The van der Waals surface area contributed by atoms with Gasteiger partial charge in [-0.15, -0.1) is 0 Å². The Bertz CT molecular complexity index is 840. The number of hydrogen-bond donors (Lipinski definition) is 1. The average Bonchev–Trinajstić information content (AvgIpc) is 2.93. The van der Waals surface area contributed by atoms with Crippen LogP contribution in [-0.4, -0.2) is 31.3 Å². The van der Waals surface area contributed by atoms with E-state index in [0.29, 0.717) is 5.82 Å². The van der Waals surface area contributed by atoms with Crippen LogP contribution < -0.4 is 0 Å². The lowest BCUT2D eigenvalue weighted by Crippen LogP contribution is -2.29. The van der Waals surface area contributed by atoms with E-state index in [0.717, 1.165) is 42.9 Å². The second-order valence-electron chi connectivity index (χ2n) is 6.30. The van der Waals surface area contributed by atoms with Gasteiger partial charge in [0.1, 0.15) is 0 Å². The van der Waals surface area contributed by atoms with Gasteiger partial charge in [0.2, 0.25) is 5.88 Å². The summed E-state index contributed by atoms with van der Waals surface area (Å²) in [7, 11) is 0. The molecule has 0 amide bonds. The molecule has 0 spiro atoms. The summed E-state index contributed by atoms with van der Waals surface area (Å²) >= 11 is 0. The Balaban J connectivity index is 1.58. The quantitative estimate of drug-likeness (QED) is 0.806. The summed E-state index contributed by atoms with van der Waals surface area (Å²) in [6.45, 7) is 4.56. The fourth-order valence-electron chi connectivity index (χ4n) is 3.15. The summed E-state index contributed by atoms with van der Waals surface area (Å²) in [5.41, 5.74) is 4.27. The number of benzene rings is 1. The van der Waals surface area contributed by atoms with Gasteiger partial charge in [0.15, 0.2) is 5.82 Å². The van der Waals surface area contributed by atoms with Gasteiger partial charge in [0.05, 0.1) is 5.69 Å². The third-order valence-electron chi connectivity index (χ3n) is 4.45. The highest BCUT2D eigenvalue weighted by Gasteiger charge is 2.25. The van der Waals surface area contributed by atoms with Crippen LogP contribution in [0.25, 0.3) is 5.82 Å². The summed E-state index contributed by atoms with van der Waals surface area (Å²) in [6.07, 6.45) is 2.59. The zero-order valence-electron chi connectivity index (χ0n) is 13.7. The molecule has 1 N–H and O–H groups in total. The summed E-state index contributed by atoms with van der Waals surface area (Å²) < 4.78 is 1.55. The standard InChI is InChI=1S/C19H20N4O/c1-14-7-8-18(20-11-14)23-19(24)16-9-10-22(13-17(16)21-23)12-15-5-3-2-4-6-15/h2-8,11,24H,9-10,12-13H2,1H3. The Morgan fingerprint density at radius 3 is 2.71 bits per heavy atom. The monoisotopic (exact) mass is 320 g/mol. The van der Waals surface area contributed by atoms with Gasteiger partial charge < -0.3 is 5.11 Å². The van der Waals surface area contributed by atoms with E-state index in [-0.39, 0.29) is 5.88 Å². The lowest BCUT2D eigenvalue weighted by Gasteiger charge is -2.25. The van der Waals surface area contributed by atoms with E-state index >= 15 is 0 Å². The topological polar surface area (TPSA) is 54.2 Å². The molecular weight excluding hydrogens is 300 g/mol. The second kappa shape index (κ2) is 6.09. The summed E-state index contributed by atoms with van der Waals surface area (Å²) in [5.74, 6) is 0.878. The lowest BCUT2D eigenvalue weighted by molar-refractivity contribution is 0.241. The molecule has 0 saturated carbocycles. The van der Waals surface area contributed by atoms with Crippen LogP contribution in [-0.2, 0) is 19.5 Å². The van der Waals surface area contributed by atoms with Crippen molar-refractivity contribution < 1.29 is 5.11 Å². The van der Waals surface area contributed by atoms with Crippen molar-refractivity contribution in [2.75, 3.05) is 6.54 Å². The van der Waals surface area contributed by atoms with Gasteiger partial charge in [-0.05, 0) is 30.5 Å². The Labute approximate surface area is 141 Å². The predicted molar refractivity (Wildman–Crippen MR) is 92.0 cm³/mol. The third kappa shape index (κ3) is 2.78. The van der Waals surface area contributed by atoms with E-state index < -0.39 is 0 Å². The van der Waals surface area contributed by atoms with Crippen LogP contribution in [0.4, 0.5) is 0 Å². The minimum atomic E-state index is 0.223. The molecule has 24 heavy (non-hydrogen) atoms. The van der Waals surface area contributed by atoms with Crippen molar-refractivity contribution in [3.8, 4) is 11.7 Å². The minimum Gasteiger partial charge on any atom is -0.493 e. The Morgan fingerprint density at radius 2 is 1.96 bits per heavy atom. The van der Waals surface area contributed by atoms with Gasteiger partial charge in [-0.2, -0.15) is 9.78 Å². The molecule has 0 atom stereocenters.